The molecule has 0 spiro atoms. The summed E-state index contributed by atoms with van der Waals surface area (Å²) in [5.41, 5.74) is 1.19. The molecule has 0 aliphatic carbocycles. The van der Waals surface area contributed by atoms with Crippen molar-refractivity contribution in [3.8, 4) is 0 Å². The number of rotatable bonds is 5. The van der Waals surface area contributed by atoms with Gasteiger partial charge in [-0.2, -0.15) is 0 Å². The minimum Gasteiger partial charge on any atom is -0.375 e. The Hall–Kier alpha value is -1.92. The Morgan fingerprint density at radius 1 is 1.35 bits per heavy atom. The highest BCUT2D eigenvalue weighted by Crippen LogP contribution is 2.14. The number of carbonyl (C=O) groups is 2. The van der Waals surface area contributed by atoms with Gasteiger partial charge in [0, 0.05) is 30.9 Å². The number of anilines is 1. The summed E-state index contributed by atoms with van der Waals surface area (Å²) < 4.78 is 5.49. The van der Waals surface area contributed by atoms with Crippen molar-refractivity contribution in [1.29, 1.82) is 0 Å². The number of benzene rings is 1. The third kappa shape index (κ3) is 4.30. The summed E-state index contributed by atoms with van der Waals surface area (Å²) in [6.07, 6.45) is -0.177. The lowest BCUT2D eigenvalue weighted by molar-refractivity contribution is -0.123. The number of nitrogens with zero attached hydrogens (tertiary/aromatic N) is 1. The molecule has 2 rings (SSSR count). The maximum absolute atomic E-state index is 12.4. The first kappa shape index (κ1) is 17.4. The van der Waals surface area contributed by atoms with Crippen LogP contribution in [0.25, 0.3) is 0 Å². The second-order valence-electron chi connectivity index (χ2n) is 5.56. The number of hydrogen-bond donors (Lipinski definition) is 2. The van der Waals surface area contributed by atoms with Gasteiger partial charge >= 0.3 is 0 Å². The van der Waals surface area contributed by atoms with Crippen LogP contribution in [0, 0.1) is 0 Å². The molecule has 2 amide bonds. The molecule has 126 valence electrons. The van der Waals surface area contributed by atoms with E-state index in [0.29, 0.717) is 37.5 Å². The Morgan fingerprint density at radius 2 is 2.09 bits per heavy atom. The molecule has 1 fully saturated rings. The maximum Gasteiger partial charge on any atom is 0.253 e. The molecule has 2 atom stereocenters. The van der Waals surface area contributed by atoms with E-state index in [2.05, 4.69) is 10.6 Å². The lowest BCUT2D eigenvalue weighted by atomic mass is 10.1. The van der Waals surface area contributed by atoms with Gasteiger partial charge in [-0.3, -0.25) is 9.59 Å². The van der Waals surface area contributed by atoms with Crippen molar-refractivity contribution in [2.75, 3.05) is 31.6 Å². The van der Waals surface area contributed by atoms with Crippen LogP contribution in [0.15, 0.2) is 24.3 Å². The van der Waals surface area contributed by atoms with Gasteiger partial charge in [0.1, 0.15) is 6.04 Å². The summed E-state index contributed by atoms with van der Waals surface area (Å²) in [4.78, 5) is 26.5. The first-order valence-corrected chi connectivity index (χ1v) is 8.12. The zero-order valence-corrected chi connectivity index (χ0v) is 14.0. The van der Waals surface area contributed by atoms with Crippen LogP contribution in [0.1, 0.15) is 31.1 Å². The standard InChI is InChI=1S/C17H25N3O3/c1-4-20(5-2)17(22)13-7-6-8-14(11-13)19-16(21)15-12(3)23-10-9-18-15/h6-8,11-12,15,18H,4-5,9-10H2,1-3H3,(H,19,21)/t12-,15+/m1/s1. The Bertz CT molecular complexity index is 558. The van der Waals surface area contributed by atoms with Gasteiger partial charge in [-0.1, -0.05) is 6.07 Å². The van der Waals surface area contributed by atoms with Crippen molar-refractivity contribution in [3.05, 3.63) is 29.8 Å². The Balaban J connectivity index is 2.07. The average Bonchev–Trinajstić information content (AvgIpc) is 2.56. The normalized spacial score (nSPS) is 20.8. The number of amides is 2. The summed E-state index contributed by atoms with van der Waals surface area (Å²) in [6.45, 7) is 8.35. The zero-order chi connectivity index (χ0) is 16.8. The SMILES string of the molecule is CCN(CC)C(=O)c1cccc(NC(=O)[C@H]2NCCO[C@@H]2C)c1. The zero-order valence-electron chi connectivity index (χ0n) is 14.0. The molecule has 6 nitrogen and oxygen atoms in total. The highest BCUT2D eigenvalue weighted by molar-refractivity contribution is 5.98. The number of nitrogens with one attached hydrogen (secondary N) is 2. The van der Waals surface area contributed by atoms with Crippen LogP contribution < -0.4 is 10.6 Å². The van der Waals surface area contributed by atoms with Gasteiger partial charge < -0.3 is 20.3 Å². The summed E-state index contributed by atoms with van der Waals surface area (Å²) in [5, 5.41) is 6.01. The summed E-state index contributed by atoms with van der Waals surface area (Å²) in [5.74, 6) is -0.178. The molecule has 0 saturated carbocycles. The highest BCUT2D eigenvalue weighted by Gasteiger charge is 2.28. The molecule has 0 bridgehead atoms. The van der Waals surface area contributed by atoms with Crippen LogP contribution in [0.4, 0.5) is 5.69 Å². The minimum atomic E-state index is -0.383. The van der Waals surface area contributed by atoms with Crippen LogP contribution in [0.3, 0.4) is 0 Å². The van der Waals surface area contributed by atoms with Gasteiger partial charge in [-0.05, 0) is 39.0 Å². The number of carbonyl (C=O) groups excluding carboxylic acids is 2. The molecule has 1 aliphatic rings. The van der Waals surface area contributed by atoms with Gasteiger partial charge in [0.25, 0.3) is 5.91 Å². The fourth-order valence-electron chi connectivity index (χ4n) is 2.67. The fourth-order valence-corrected chi connectivity index (χ4v) is 2.67. The lowest BCUT2D eigenvalue weighted by Gasteiger charge is -2.29. The van der Waals surface area contributed by atoms with E-state index >= 15 is 0 Å². The van der Waals surface area contributed by atoms with Crippen molar-refractivity contribution in [2.45, 2.75) is 32.9 Å². The molecular formula is C17H25N3O3. The van der Waals surface area contributed by atoms with Crippen LogP contribution in [0.2, 0.25) is 0 Å². The molecule has 1 heterocycles. The Kier molecular flexibility index (Phi) is 6.12. The molecule has 0 radical (unpaired) electrons. The summed E-state index contributed by atoms with van der Waals surface area (Å²) in [7, 11) is 0. The van der Waals surface area contributed by atoms with Crippen molar-refractivity contribution >= 4 is 17.5 Å². The van der Waals surface area contributed by atoms with Gasteiger partial charge in [0.05, 0.1) is 12.7 Å². The monoisotopic (exact) mass is 319 g/mol. The van der Waals surface area contributed by atoms with E-state index in [1.807, 2.05) is 20.8 Å². The van der Waals surface area contributed by atoms with E-state index in [1.165, 1.54) is 0 Å². The lowest BCUT2D eigenvalue weighted by Crippen LogP contribution is -2.53. The van der Waals surface area contributed by atoms with E-state index in [4.69, 9.17) is 4.74 Å². The fraction of sp³-hybridized carbons (Fsp3) is 0.529. The number of hydrogen-bond acceptors (Lipinski definition) is 4. The van der Waals surface area contributed by atoms with Crippen LogP contribution >= 0.6 is 0 Å². The van der Waals surface area contributed by atoms with Crippen molar-refractivity contribution in [1.82, 2.24) is 10.2 Å². The predicted octanol–water partition coefficient (Wildman–Crippen LogP) is 1.48. The third-order valence-electron chi connectivity index (χ3n) is 4.03. The van der Waals surface area contributed by atoms with Crippen molar-refractivity contribution in [3.63, 3.8) is 0 Å². The van der Waals surface area contributed by atoms with Gasteiger partial charge in [-0.25, -0.2) is 0 Å². The van der Waals surface area contributed by atoms with E-state index in [0.717, 1.165) is 0 Å². The summed E-state index contributed by atoms with van der Waals surface area (Å²) in [6, 6.07) is 6.66. The topological polar surface area (TPSA) is 70.7 Å². The van der Waals surface area contributed by atoms with Crippen LogP contribution in [-0.2, 0) is 9.53 Å². The van der Waals surface area contributed by atoms with E-state index in [9.17, 15) is 9.59 Å². The van der Waals surface area contributed by atoms with Crippen LogP contribution in [-0.4, -0.2) is 55.1 Å². The first-order valence-electron chi connectivity index (χ1n) is 8.12. The largest absolute Gasteiger partial charge is 0.375 e. The van der Waals surface area contributed by atoms with E-state index in [-0.39, 0.29) is 24.0 Å². The molecular weight excluding hydrogens is 294 g/mol. The third-order valence-corrected chi connectivity index (χ3v) is 4.03. The molecule has 2 N–H and O–H groups in total. The van der Waals surface area contributed by atoms with Gasteiger partial charge in [0.2, 0.25) is 5.91 Å². The number of morpholine rings is 1. The molecule has 0 aromatic heterocycles. The highest BCUT2D eigenvalue weighted by atomic mass is 16.5. The second-order valence-corrected chi connectivity index (χ2v) is 5.56. The predicted molar refractivity (Wildman–Crippen MR) is 89.5 cm³/mol. The molecule has 1 aromatic rings. The van der Waals surface area contributed by atoms with Crippen molar-refractivity contribution in [2.24, 2.45) is 0 Å². The quantitative estimate of drug-likeness (QED) is 0.862. The first-order chi connectivity index (χ1) is 11.1. The van der Waals surface area contributed by atoms with Crippen LogP contribution in [0.5, 0.6) is 0 Å². The van der Waals surface area contributed by atoms with Gasteiger partial charge in [0.15, 0.2) is 0 Å². The molecule has 0 unspecified atom stereocenters. The minimum absolute atomic E-state index is 0.0291. The molecule has 6 heteroatoms. The second kappa shape index (κ2) is 8.08. The maximum atomic E-state index is 12.4. The molecule has 23 heavy (non-hydrogen) atoms. The Morgan fingerprint density at radius 3 is 2.74 bits per heavy atom. The number of ether oxygens (including phenoxy) is 1. The average molecular weight is 319 g/mol. The molecule has 1 aliphatic heterocycles. The Labute approximate surface area is 137 Å². The van der Waals surface area contributed by atoms with E-state index in [1.54, 1.807) is 29.2 Å². The smallest absolute Gasteiger partial charge is 0.253 e. The van der Waals surface area contributed by atoms with Crippen molar-refractivity contribution < 1.29 is 14.3 Å². The summed E-state index contributed by atoms with van der Waals surface area (Å²) >= 11 is 0. The van der Waals surface area contributed by atoms with Gasteiger partial charge in [-0.15, -0.1) is 0 Å². The molecule has 1 aromatic carbocycles. The molecule has 1 saturated heterocycles. The van der Waals surface area contributed by atoms with E-state index < -0.39 is 0 Å².